The molecule has 0 aromatic heterocycles. The summed E-state index contributed by atoms with van der Waals surface area (Å²) in [5.74, 6) is -0.603. The topological polar surface area (TPSA) is 66.5 Å². The fourth-order valence-corrected chi connectivity index (χ4v) is 3.76. The third-order valence-electron chi connectivity index (χ3n) is 3.65. The fraction of sp³-hybridized carbons (Fsp3) is 0.278. The Labute approximate surface area is 155 Å². The Morgan fingerprint density at radius 3 is 2.33 bits per heavy atom. The van der Waals surface area contributed by atoms with E-state index in [0.29, 0.717) is 23.3 Å². The van der Waals surface area contributed by atoms with Gasteiger partial charge in [0, 0.05) is 6.54 Å². The fourth-order valence-electron chi connectivity index (χ4n) is 2.32. The molecule has 1 amide bonds. The number of rotatable bonds is 7. The Kier molecular flexibility index (Phi) is 6.48. The van der Waals surface area contributed by atoms with Crippen molar-refractivity contribution >= 4 is 21.6 Å². The number of hydrogen-bond donors (Lipinski definition) is 1. The van der Waals surface area contributed by atoms with Gasteiger partial charge in [-0.15, -0.1) is 0 Å². The summed E-state index contributed by atoms with van der Waals surface area (Å²) in [5, 5.41) is 2.53. The maximum atomic E-state index is 13.0. The third kappa shape index (κ3) is 5.22. The van der Waals surface area contributed by atoms with E-state index in [-0.39, 0.29) is 10.6 Å². The summed E-state index contributed by atoms with van der Waals surface area (Å²) in [4.78, 5) is 12.0. The molecule has 5 nitrogen and oxygen atoms in total. The van der Waals surface area contributed by atoms with Crippen molar-refractivity contribution in [2.75, 3.05) is 17.4 Å². The van der Waals surface area contributed by atoms with Crippen LogP contribution in [0.3, 0.4) is 0 Å². The molecule has 0 atom stereocenters. The lowest BCUT2D eigenvalue weighted by Gasteiger charge is -2.24. The van der Waals surface area contributed by atoms with Crippen molar-refractivity contribution in [3.8, 4) is 0 Å². The molecule has 2 aromatic rings. The maximum Gasteiger partial charge on any atom is 0.416 e. The summed E-state index contributed by atoms with van der Waals surface area (Å²) >= 11 is 0. The molecular weight excluding hydrogens is 381 g/mol. The van der Waals surface area contributed by atoms with Gasteiger partial charge in [-0.25, -0.2) is 8.42 Å². The molecule has 2 rings (SSSR count). The van der Waals surface area contributed by atoms with Gasteiger partial charge in [0.25, 0.3) is 10.0 Å². The number of anilines is 1. The maximum absolute atomic E-state index is 13.0. The van der Waals surface area contributed by atoms with E-state index >= 15 is 0 Å². The second kappa shape index (κ2) is 8.43. The molecule has 9 heteroatoms. The molecule has 0 bridgehead atoms. The molecule has 27 heavy (non-hydrogen) atoms. The molecule has 0 saturated carbocycles. The lowest BCUT2D eigenvalue weighted by molar-refractivity contribution is -0.137. The molecule has 0 heterocycles. The van der Waals surface area contributed by atoms with Gasteiger partial charge >= 0.3 is 6.18 Å². The van der Waals surface area contributed by atoms with Crippen molar-refractivity contribution < 1.29 is 26.4 Å². The molecule has 0 saturated heterocycles. The zero-order valence-corrected chi connectivity index (χ0v) is 15.3. The van der Waals surface area contributed by atoms with Crippen LogP contribution < -0.4 is 9.62 Å². The second-order valence-corrected chi connectivity index (χ2v) is 7.59. The first-order chi connectivity index (χ1) is 12.7. The zero-order chi connectivity index (χ0) is 20.1. The Bertz CT molecular complexity index is 884. The quantitative estimate of drug-likeness (QED) is 0.774. The summed E-state index contributed by atoms with van der Waals surface area (Å²) < 4.78 is 65.7. The second-order valence-electron chi connectivity index (χ2n) is 5.72. The van der Waals surface area contributed by atoms with Crippen LogP contribution in [0.2, 0.25) is 0 Å². The van der Waals surface area contributed by atoms with Crippen LogP contribution in [0.25, 0.3) is 0 Å². The number of hydrogen-bond acceptors (Lipinski definition) is 3. The number of sulfonamides is 1. The van der Waals surface area contributed by atoms with E-state index < -0.39 is 34.2 Å². The van der Waals surface area contributed by atoms with Gasteiger partial charge in [0.15, 0.2) is 0 Å². The van der Waals surface area contributed by atoms with Crippen LogP contribution in [0.5, 0.6) is 0 Å². The van der Waals surface area contributed by atoms with Crippen LogP contribution in [0.15, 0.2) is 59.5 Å². The van der Waals surface area contributed by atoms with Gasteiger partial charge in [0.05, 0.1) is 16.1 Å². The van der Waals surface area contributed by atoms with Gasteiger partial charge in [0.1, 0.15) is 6.54 Å². The Morgan fingerprint density at radius 1 is 1.07 bits per heavy atom. The van der Waals surface area contributed by atoms with E-state index in [9.17, 15) is 26.4 Å². The number of alkyl halides is 3. The normalized spacial score (nSPS) is 11.9. The summed E-state index contributed by atoms with van der Waals surface area (Å²) in [6.45, 7) is 1.53. The first-order valence-electron chi connectivity index (χ1n) is 8.18. The minimum Gasteiger partial charge on any atom is -0.355 e. The van der Waals surface area contributed by atoms with Crippen LogP contribution in [0.4, 0.5) is 18.9 Å². The highest BCUT2D eigenvalue weighted by atomic mass is 32.2. The molecule has 0 radical (unpaired) electrons. The van der Waals surface area contributed by atoms with Crippen LogP contribution in [-0.4, -0.2) is 27.4 Å². The summed E-state index contributed by atoms with van der Waals surface area (Å²) in [7, 11) is -4.23. The number of nitrogens with zero attached hydrogens (tertiary/aromatic N) is 1. The van der Waals surface area contributed by atoms with Crippen molar-refractivity contribution in [1.29, 1.82) is 0 Å². The number of amides is 1. The molecule has 0 aliphatic heterocycles. The highest BCUT2D eigenvalue weighted by Crippen LogP contribution is 2.33. The van der Waals surface area contributed by atoms with Crippen molar-refractivity contribution in [1.82, 2.24) is 5.32 Å². The average Bonchev–Trinajstić information content (AvgIpc) is 2.64. The van der Waals surface area contributed by atoms with E-state index in [4.69, 9.17) is 0 Å². The van der Waals surface area contributed by atoms with Crippen LogP contribution in [0, 0.1) is 0 Å². The van der Waals surface area contributed by atoms with E-state index in [2.05, 4.69) is 5.32 Å². The van der Waals surface area contributed by atoms with Crippen molar-refractivity contribution in [2.45, 2.75) is 24.4 Å². The van der Waals surface area contributed by atoms with Gasteiger partial charge in [-0.1, -0.05) is 31.2 Å². The Morgan fingerprint density at radius 2 is 1.74 bits per heavy atom. The van der Waals surface area contributed by atoms with Crippen molar-refractivity contribution in [3.05, 3.63) is 60.2 Å². The molecule has 0 aliphatic rings. The number of carbonyl (C=O) groups is 1. The monoisotopic (exact) mass is 400 g/mol. The number of benzene rings is 2. The summed E-state index contributed by atoms with van der Waals surface area (Å²) in [6.07, 6.45) is -4.00. The standard InChI is InChI=1S/C18H19F3N2O3S/c1-2-11-22-17(24)13-23(27(25,26)16-9-4-3-5-10-16)15-8-6-7-14(12-15)18(19,20)21/h3-10,12H,2,11,13H2,1H3,(H,22,24). The predicted octanol–water partition coefficient (Wildman–Crippen LogP) is 3.43. The van der Waals surface area contributed by atoms with Crippen molar-refractivity contribution in [3.63, 3.8) is 0 Å². The molecule has 1 N–H and O–H groups in total. The van der Waals surface area contributed by atoms with Gasteiger partial charge in [-0.05, 0) is 36.8 Å². The number of halogens is 3. The number of nitrogens with one attached hydrogen (secondary N) is 1. The first-order valence-corrected chi connectivity index (χ1v) is 9.62. The van der Waals surface area contributed by atoms with Crippen LogP contribution >= 0.6 is 0 Å². The van der Waals surface area contributed by atoms with Gasteiger partial charge < -0.3 is 5.32 Å². The predicted molar refractivity (Wildman–Crippen MR) is 95.7 cm³/mol. The summed E-state index contributed by atoms with van der Waals surface area (Å²) in [6, 6.07) is 11.1. The van der Waals surface area contributed by atoms with E-state index in [0.717, 1.165) is 12.1 Å². The van der Waals surface area contributed by atoms with E-state index in [1.165, 1.54) is 30.3 Å². The van der Waals surface area contributed by atoms with Crippen LogP contribution in [-0.2, 0) is 21.0 Å². The average molecular weight is 400 g/mol. The third-order valence-corrected chi connectivity index (χ3v) is 5.44. The molecule has 146 valence electrons. The molecule has 0 fully saturated rings. The van der Waals surface area contributed by atoms with Gasteiger partial charge in [-0.3, -0.25) is 9.10 Å². The number of carbonyl (C=O) groups excluding carboxylic acids is 1. The SMILES string of the molecule is CCCNC(=O)CN(c1cccc(C(F)(F)F)c1)S(=O)(=O)c1ccccc1. The molecule has 0 unspecified atom stereocenters. The lowest BCUT2D eigenvalue weighted by Crippen LogP contribution is -2.41. The van der Waals surface area contributed by atoms with E-state index in [1.54, 1.807) is 6.07 Å². The zero-order valence-electron chi connectivity index (χ0n) is 14.5. The smallest absolute Gasteiger partial charge is 0.355 e. The Hall–Kier alpha value is -2.55. The highest BCUT2D eigenvalue weighted by Gasteiger charge is 2.33. The lowest BCUT2D eigenvalue weighted by atomic mass is 10.2. The minimum absolute atomic E-state index is 0.120. The van der Waals surface area contributed by atoms with Crippen molar-refractivity contribution in [2.24, 2.45) is 0 Å². The Balaban J connectivity index is 2.49. The molecule has 0 aliphatic carbocycles. The first kappa shape index (κ1) is 20.8. The van der Waals surface area contributed by atoms with E-state index in [1.807, 2.05) is 6.92 Å². The highest BCUT2D eigenvalue weighted by molar-refractivity contribution is 7.92. The van der Waals surface area contributed by atoms with Crippen LogP contribution in [0.1, 0.15) is 18.9 Å². The molecule has 0 spiro atoms. The van der Waals surface area contributed by atoms with Gasteiger partial charge in [-0.2, -0.15) is 13.2 Å². The van der Waals surface area contributed by atoms with Gasteiger partial charge in [0.2, 0.25) is 5.91 Å². The largest absolute Gasteiger partial charge is 0.416 e. The summed E-state index contributed by atoms with van der Waals surface area (Å²) in [5.41, 5.74) is -1.23. The molecular formula is C18H19F3N2O3S. The minimum atomic E-state index is -4.64. The molecule has 2 aromatic carbocycles.